The molecule has 36 heavy (non-hydrogen) atoms. The maximum Gasteiger partial charge on any atom is 0.323 e. The molecule has 0 saturated carbocycles. The number of hydrogen-bond donors (Lipinski definition) is 3. The molecule has 0 spiro atoms. The van der Waals surface area contributed by atoms with E-state index >= 15 is 0 Å². The second kappa shape index (κ2) is 12.2. The number of rotatable bonds is 9. The average Bonchev–Trinajstić information content (AvgIpc) is 2.82. The molecule has 2 aromatic carbocycles. The van der Waals surface area contributed by atoms with E-state index in [4.69, 9.17) is 5.11 Å². The second-order valence-corrected chi connectivity index (χ2v) is 9.47. The molecule has 1 aliphatic rings. The van der Waals surface area contributed by atoms with Crippen molar-refractivity contribution in [2.45, 2.75) is 46.1 Å². The summed E-state index contributed by atoms with van der Waals surface area (Å²) in [5, 5.41) is 14.6. The summed E-state index contributed by atoms with van der Waals surface area (Å²) in [6.45, 7) is 6.75. The van der Waals surface area contributed by atoms with Crippen LogP contribution in [0, 0.1) is 12.8 Å². The first-order valence-corrected chi connectivity index (χ1v) is 12.2. The number of carbonyl (C=O) groups excluding carboxylic acids is 3. The molecule has 1 unspecified atom stereocenters. The Bertz CT molecular complexity index is 1100. The molecule has 3 rings (SSSR count). The molecule has 192 valence electrons. The first kappa shape index (κ1) is 26.7. The number of nitrogens with one attached hydrogen (secondary N) is 2. The number of piperazine rings is 1. The predicted molar refractivity (Wildman–Crippen MR) is 138 cm³/mol. The third-order valence-corrected chi connectivity index (χ3v) is 6.15. The van der Waals surface area contributed by atoms with Gasteiger partial charge in [0.05, 0.1) is 12.8 Å². The number of aliphatic carboxylic acids is 1. The number of anilines is 2. The fourth-order valence-electron chi connectivity index (χ4n) is 4.24. The van der Waals surface area contributed by atoms with Crippen LogP contribution in [0.1, 0.15) is 37.8 Å². The minimum Gasteiger partial charge on any atom is -0.481 e. The lowest BCUT2D eigenvalue weighted by Crippen LogP contribution is -2.59. The summed E-state index contributed by atoms with van der Waals surface area (Å²) in [6, 6.07) is 13.6. The zero-order valence-corrected chi connectivity index (χ0v) is 21.0. The summed E-state index contributed by atoms with van der Waals surface area (Å²) in [5.41, 5.74) is 3.05. The highest BCUT2D eigenvalue weighted by molar-refractivity contribution is 6.00. The third kappa shape index (κ3) is 7.31. The molecule has 1 atom stereocenters. The van der Waals surface area contributed by atoms with E-state index in [0.717, 1.165) is 16.8 Å². The van der Waals surface area contributed by atoms with Crippen LogP contribution in [0.25, 0.3) is 0 Å². The van der Waals surface area contributed by atoms with Crippen LogP contribution in [0.5, 0.6) is 0 Å². The van der Waals surface area contributed by atoms with Crippen molar-refractivity contribution in [3.8, 4) is 0 Å². The number of aryl methyl sites for hydroxylation is 1. The molecule has 1 aliphatic heterocycles. The van der Waals surface area contributed by atoms with E-state index in [2.05, 4.69) is 10.6 Å². The number of para-hydroxylation sites is 1. The van der Waals surface area contributed by atoms with Gasteiger partial charge in [-0.05, 0) is 48.6 Å². The van der Waals surface area contributed by atoms with Crippen LogP contribution in [-0.2, 0) is 20.8 Å². The fourth-order valence-corrected chi connectivity index (χ4v) is 4.24. The first-order valence-electron chi connectivity index (χ1n) is 12.2. The molecular weight excluding hydrogens is 460 g/mol. The SMILES string of the molecule is Cc1ccccc1NC(=O)Nc1ccc(CC(=O)N2CCN(CCC(=O)O)C(=O)C2CC(C)C)cc1. The highest BCUT2D eigenvalue weighted by atomic mass is 16.4. The molecular formula is C27H34N4O5. The molecule has 2 aromatic rings. The molecule has 9 heteroatoms. The lowest BCUT2D eigenvalue weighted by Gasteiger charge is -2.41. The normalized spacial score (nSPS) is 15.7. The lowest BCUT2D eigenvalue weighted by atomic mass is 9.98. The van der Waals surface area contributed by atoms with Crippen molar-refractivity contribution >= 4 is 35.2 Å². The van der Waals surface area contributed by atoms with Gasteiger partial charge in [-0.25, -0.2) is 4.79 Å². The van der Waals surface area contributed by atoms with E-state index in [1.54, 1.807) is 34.1 Å². The van der Waals surface area contributed by atoms with E-state index in [9.17, 15) is 19.2 Å². The Balaban J connectivity index is 1.60. The number of carboxylic acid groups (broad SMARTS) is 1. The van der Waals surface area contributed by atoms with Crippen molar-refractivity contribution in [2.24, 2.45) is 5.92 Å². The molecule has 0 aliphatic carbocycles. The zero-order valence-electron chi connectivity index (χ0n) is 21.0. The van der Waals surface area contributed by atoms with Crippen LogP contribution in [0.15, 0.2) is 48.5 Å². The minimum absolute atomic E-state index is 0.114. The first-order chi connectivity index (χ1) is 17.1. The topological polar surface area (TPSA) is 119 Å². The Morgan fingerprint density at radius 2 is 1.72 bits per heavy atom. The van der Waals surface area contributed by atoms with Crippen molar-refractivity contribution in [3.05, 3.63) is 59.7 Å². The van der Waals surface area contributed by atoms with Crippen molar-refractivity contribution in [1.82, 2.24) is 9.80 Å². The van der Waals surface area contributed by atoms with Crippen LogP contribution in [0.2, 0.25) is 0 Å². The van der Waals surface area contributed by atoms with Gasteiger partial charge in [0.25, 0.3) is 0 Å². The van der Waals surface area contributed by atoms with E-state index in [0.29, 0.717) is 25.2 Å². The lowest BCUT2D eigenvalue weighted by molar-refractivity contribution is -0.152. The molecule has 0 bridgehead atoms. The van der Waals surface area contributed by atoms with Gasteiger partial charge >= 0.3 is 12.0 Å². The number of hydrogen-bond acceptors (Lipinski definition) is 4. The molecule has 0 aromatic heterocycles. The van der Waals surface area contributed by atoms with Gasteiger partial charge in [-0.2, -0.15) is 0 Å². The van der Waals surface area contributed by atoms with Crippen molar-refractivity contribution in [2.75, 3.05) is 30.3 Å². The minimum atomic E-state index is -0.952. The van der Waals surface area contributed by atoms with Gasteiger partial charge in [0.1, 0.15) is 6.04 Å². The largest absolute Gasteiger partial charge is 0.481 e. The molecule has 1 saturated heterocycles. The fraction of sp³-hybridized carbons (Fsp3) is 0.407. The highest BCUT2D eigenvalue weighted by Crippen LogP contribution is 2.21. The van der Waals surface area contributed by atoms with E-state index in [-0.39, 0.29) is 43.1 Å². The van der Waals surface area contributed by atoms with Gasteiger partial charge in [-0.3, -0.25) is 14.4 Å². The number of carboxylic acids is 1. The summed E-state index contributed by atoms with van der Waals surface area (Å²) < 4.78 is 0. The van der Waals surface area contributed by atoms with Gasteiger partial charge < -0.3 is 25.5 Å². The summed E-state index contributed by atoms with van der Waals surface area (Å²) >= 11 is 0. The second-order valence-electron chi connectivity index (χ2n) is 9.47. The van der Waals surface area contributed by atoms with Crippen LogP contribution in [0.3, 0.4) is 0 Å². The Kier molecular flexibility index (Phi) is 9.05. The number of nitrogens with zero attached hydrogens (tertiary/aromatic N) is 2. The van der Waals surface area contributed by atoms with Crippen molar-refractivity contribution in [1.29, 1.82) is 0 Å². The molecule has 1 heterocycles. The monoisotopic (exact) mass is 494 g/mol. The third-order valence-electron chi connectivity index (χ3n) is 6.15. The van der Waals surface area contributed by atoms with Crippen molar-refractivity contribution in [3.63, 3.8) is 0 Å². The van der Waals surface area contributed by atoms with E-state index in [1.807, 2.05) is 45.0 Å². The van der Waals surface area contributed by atoms with Gasteiger partial charge in [0, 0.05) is 31.0 Å². The number of urea groups is 1. The number of amides is 4. The number of carbonyl (C=O) groups is 4. The molecule has 3 N–H and O–H groups in total. The van der Waals surface area contributed by atoms with Crippen LogP contribution < -0.4 is 10.6 Å². The van der Waals surface area contributed by atoms with Crippen LogP contribution >= 0.6 is 0 Å². The standard InChI is InChI=1S/C27H34N4O5/c1-18(2)16-23-26(35)30(13-12-25(33)34)14-15-31(23)24(32)17-20-8-10-21(11-9-20)28-27(36)29-22-7-5-4-6-19(22)3/h4-11,18,23H,12-17H2,1-3H3,(H,33,34)(H2,28,29,36). The summed E-state index contributed by atoms with van der Waals surface area (Å²) in [6.07, 6.45) is 0.539. The maximum absolute atomic E-state index is 13.2. The predicted octanol–water partition coefficient (Wildman–Crippen LogP) is 3.74. The van der Waals surface area contributed by atoms with Crippen LogP contribution in [-0.4, -0.2) is 64.4 Å². The Labute approximate surface area is 211 Å². The van der Waals surface area contributed by atoms with Gasteiger partial charge in [-0.1, -0.05) is 44.2 Å². The van der Waals surface area contributed by atoms with Gasteiger partial charge in [0.2, 0.25) is 11.8 Å². The molecule has 4 amide bonds. The Morgan fingerprint density at radius 3 is 2.36 bits per heavy atom. The molecule has 1 fully saturated rings. The Hall–Kier alpha value is -3.88. The molecule has 9 nitrogen and oxygen atoms in total. The van der Waals surface area contributed by atoms with Gasteiger partial charge in [-0.15, -0.1) is 0 Å². The van der Waals surface area contributed by atoms with Crippen LogP contribution in [0.4, 0.5) is 16.2 Å². The summed E-state index contributed by atoms with van der Waals surface area (Å²) in [5.74, 6) is -1.09. The average molecular weight is 495 g/mol. The maximum atomic E-state index is 13.2. The number of benzene rings is 2. The highest BCUT2D eigenvalue weighted by Gasteiger charge is 2.37. The molecule has 0 radical (unpaired) electrons. The van der Waals surface area contributed by atoms with E-state index in [1.165, 1.54) is 0 Å². The van der Waals surface area contributed by atoms with E-state index < -0.39 is 12.0 Å². The zero-order chi connectivity index (χ0) is 26.2. The summed E-state index contributed by atoms with van der Waals surface area (Å²) in [7, 11) is 0. The summed E-state index contributed by atoms with van der Waals surface area (Å²) in [4.78, 5) is 52.6. The quantitative estimate of drug-likeness (QED) is 0.491. The smallest absolute Gasteiger partial charge is 0.323 e. The van der Waals surface area contributed by atoms with Gasteiger partial charge in [0.15, 0.2) is 0 Å². The Morgan fingerprint density at radius 1 is 1.03 bits per heavy atom. The van der Waals surface area contributed by atoms with Crippen molar-refractivity contribution < 1.29 is 24.3 Å².